The molecule has 2 N–H and O–H groups in total. The van der Waals surface area contributed by atoms with Crippen molar-refractivity contribution in [1.82, 2.24) is 25.0 Å². The summed E-state index contributed by atoms with van der Waals surface area (Å²) in [7, 11) is 1.79. The van der Waals surface area contributed by atoms with Crippen molar-refractivity contribution in [3.8, 4) is 0 Å². The fourth-order valence-corrected chi connectivity index (χ4v) is 2.93. The molecule has 2 heterocycles. The highest BCUT2D eigenvalue weighted by molar-refractivity contribution is 5.87. The third kappa shape index (κ3) is 2.57. The minimum atomic E-state index is -1.09. The molecule has 1 aromatic rings. The van der Waals surface area contributed by atoms with E-state index >= 15 is 0 Å². The quantitative estimate of drug-likeness (QED) is 0.860. The normalized spacial score (nSPS) is 23.1. The lowest BCUT2D eigenvalue weighted by Crippen LogP contribution is -2.56. The zero-order valence-electron chi connectivity index (χ0n) is 12.5. The summed E-state index contributed by atoms with van der Waals surface area (Å²) >= 11 is 0. The van der Waals surface area contributed by atoms with Gasteiger partial charge in [0.05, 0.1) is 6.04 Å². The van der Waals surface area contributed by atoms with Crippen LogP contribution >= 0.6 is 0 Å². The number of hydrogen-bond acceptors (Lipinski definition) is 4. The molecule has 0 aromatic carbocycles. The van der Waals surface area contributed by atoms with Crippen molar-refractivity contribution in [2.75, 3.05) is 6.54 Å². The Morgan fingerprint density at radius 3 is 2.81 bits per heavy atom. The van der Waals surface area contributed by atoms with Gasteiger partial charge in [0.25, 0.3) is 0 Å². The topological polar surface area (TPSA) is 100 Å². The van der Waals surface area contributed by atoms with Crippen molar-refractivity contribution in [2.45, 2.75) is 44.7 Å². The van der Waals surface area contributed by atoms with E-state index in [9.17, 15) is 14.7 Å². The van der Waals surface area contributed by atoms with Crippen LogP contribution in [0.5, 0.6) is 0 Å². The number of nitrogens with one attached hydrogen (secondary N) is 1. The van der Waals surface area contributed by atoms with Crippen molar-refractivity contribution in [3.05, 3.63) is 12.2 Å². The molecule has 2 atom stereocenters. The number of likely N-dealkylation sites (tertiary alicyclic amines) is 1. The van der Waals surface area contributed by atoms with E-state index in [1.165, 1.54) is 4.90 Å². The van der Waals surface area contributed by atoms with Crippen molar-refractivity contribution >= 4 is 12.0 Å². The summed E-state index contributed by atoms with van der Waals surface area (Å²) in [6.07, 6.45) is 3.14. The van der Waals surface area contributed by atoms with Crippen LogP contribution in [0.15, 0.2) is 6.33 Å². The second-order valence-corrected chi connectivity index (χ2v) is 5.42. The van der Waals surface area contributed by atoms with Crippen LogP contribution in [0.4, 0.5) is 4.79 Å². The number of amides is 2. The average Bonchev–Trinajstić information content (AvgIpc) is 3.04. The molecule has 8 heteroatoms. The van der Waals surface area contributed by atoms with Gasteiger partial charge in [0, 0.05) is 13.6 Å². The van der Waals surface area contributed by atoms with E-state index in [0.29, 0.717) is 31.6 Å². The fourth-order valence-electron chi connectivity index (χ4n) is 2.93. The summed E-state index contributed by atoms with van der Waals surface area (Å²) in [6, 6.07) is -0.707. The molecule has 0 bridgehead atoms. The summed E-state index contributed by atoms with van der Waals surface area (Å²) in [4.78, 5) is 25.5. The van der Waals surface area contributed by atoms with Crippen molar-refractivity contribution < 1.29 is 14.7 Å². The number of carboxylic acids is 1. The standard InChI is InChI=1S/C13H21N5O3/c1-4-13(11(19)20)6-5-7-18(13)12(21)15-9(2)10-16-14-8-17(10)3/h8-9H,4-7H2,1-3H3,(H,15,21)(H,19,20). The smallest absolute Gasteiger partial charge is 0.329 e. The van der Waals surface area contributed by atoms with Gasteiger partial charge in [-0.05, 0) is 26.2 Å². The lowest BCUT2D eigenvalue weighted by Gasteiger charge is -2.34. The van der Waals surface area contributed by atoms with E-state index in [0.717, 1.165) is 0 Å². The van der Waals surface area contributed by atoms with Crippen LogP contribution in [0.3, 0.4) is 0 Å². The Balaban J connectivity index is 2.13. The van der Waals surface area contributed by atoms with E-state index in [4.69, 9.17) is 0 Å². The van der Waals surface area contributed by atoms with Crippen LogP contribution in [-0.2, 0) is 11.8 Å². The van der Waals surface area contributed by atoms with Crippen molar-refractivity contribution in [3.63, 3.8) is 0 Å². The van der Waals surface area contributed by atoms with Crippen LogP contribution in [0.2, 0.25) is 0 Å². The van der Waals surface area contributed by atoms with Crippen molar-refractivity contribution in [1.29, 1.82) is 0 Å². The first-order valence-corrected chi connectivity index (χ1v) is 7.08. The van der Waals surface area contributed by atoms with E-state index in [1.54, 1.807) is 31.8 Å². The molecule has 1 saturated heterocycles. The van der Waals surface area contributed by atoms with Gasteiger partial charge in [-0.3, -0.25) is 0 Å². The van der Waals surface area contributed by atoms with Crippen LogP contribution in [0, 0.1) is 0 Å². The zero-order chi connectivity index (χ0) is 15.6. The monoisotopic (exact) mass is 295 g/mol. The Bertz CT molecular complexity index is 544. The van der Waals surface area contributed by atoms with Gasteiger partial charge >= 0.3 is 12.0 Å². The van der Waals surface area contributed by atoms with Crippen LogP contribution in [-0.4, -0.2) is 48.9 Å². The minimum Gasteiger partial charge on any atom is -0.479 e. The SMILES string of the molecule is CCC1(C(=O)O)CCCN1C(=O)NC(C)c1nncn1C. The second-order valence-electron chi connectivity index (χ2n) is 5.42. The van der Waals surface area contributed by atoms with Gasteiger partial charge < -0.3 is 19.9 Å². The zero-order valence-corrected chi connectivity index (χ0v) is 12.5. The Morgan fingerprint density at radius 1 is 1.57 bits per heavy atom. The molecule has 21 heavy (non-hydrogen) atoms. The van der Waals surface area contributed by atoms with Gasteiger partial charge in [-0.15, -0.1) is 10.2 Å². The Labute approximate surface area is 123 Å². The third-order valence-electron chi connectivity index (χ3n) is 4.19. The van der Waals surface area contributed by atoms with Gasteiger partial charge in [-0.2, -0.15) is 0 Å². The average molecular weight is 295 g/mol. The molecule has 0 saturated carbocycles. The largest absolute Gasteiger partial charge is 0.479 e. The molecule has 1 fully saturated rings. The number of hydrogen-bond donors (Lipinski definition) is 2. The van der Waals surface area contributed by atoms with Crippen LogP contribution in [0.1, 0.15) is 45.0 Å². The van der Waals surface area contributed by atoms with Gasteiger partial charge in [-0.1, -0.05) is 6.92 Å². The maximum absolute atomic E-state index is 12.4. The molecular weight excluding hydrogens is 274 g/mol. The molecule has 1 aliphatic rings. The van der Waals surface area contributed by atoms with Crippen LogP contribution in [0.25, 0.3) is 0 Å². The highest BCUT2D eigenvalue weighted by Gasteiger charge is 2.48. The molecule has 0 aliphatic carbocycles. The first kappa shape index (κ1) is 15.3. The molecule has 0 radical (unpaired) electrons. The van der Waals surface area contributed by atoms with Gasteiger partial charge in [0.1, 0.15) is 11.9 Å². The fraction of sp³-hybridized carbons (Fsp3) is 0.692. The number of aliphatic carboxylic acids is 1. The highest BCUT2D eigenvalue weighted by atomic mass is 16.4. The van der Waals surface area contributed by atoms with E-state index in [2.05, 4.69) is 15.5 Å². The first-order valence-electron chi connectivity index (χ1n) is 7.08. The second kappa shape index (κ2) is 5.71. The Morgan fingerprint density at radius 2 is 2.29 bits per heavy atom. The third-order valence-corrected chi connectivity index (χ3v) is 4.19. The number of carboxylic acid groups (broad SMARTS) is 1. The molecule has 2 unspecified atom stereocenters. The highest BCUT2D eigenvalue weighted by Crippen LogP contribution is 2.33. The molecule has 0 spiro atoms. The molecule has 1 aromatic heterocycles. The number of carbonyl (C=O) groups excluding carboxylic acids is 1. The molecule has 2 amide bonds. The first-order chi connectivity index (χ1) is 9.92. The molecule has 116 valence electrons. The van der Waals surface area contributed by atoms with Gasteiger partial charge in [0.15, 0.2) is 5.82 Å². The molecule has 1 aliphatic heterocycles. The summed E-state index contributed by atoms with van der Waals surface area (Å²) in [5.74, 6) is -0.316. The van der Waals surface area contributed by atoms with Crippen LogP contribution < -0.4 is 5.32 Å². The van der Waals surface area contributed by atoms with E-state index in [1.807, 2.05) is 0 Å². The predicted octanol–water partition coefficient (Wildman–Crippen LogP) is 0.915. The van der Waals surface area contributed by atoms with Crippen molar-refractivity contribution in [2.24, 2.45) is 7.05 Å². The van der Waals surface area contributed by atoms with E-state index in [-0.39, 0.29) is 12.1 Å². The summed E-state index contributed by atoms with van der Waals surface area (Å²) < 4.78 is 1.72. The summed E-state index contributed by atoms with van der Waals surface area (Å²) in [5, 5.41) is 20.0. The van der Waals surface area contributed by atoms with Gasteiger partial charge in [-0.25, -0.2) is 9.59 Å². The predicted molar refractivity (Wildman–Crippen MR) is 74.5 cm³/mol. The number of urea groups is 1. The number of aryl methyl sites for hydroxylation is 1. The van der Waals surface area contributed by atoms with E-state index < -0.39 is 11.5 Å². The molecular formula is C13H21N5O3. The summed E-state index contributed by atoms with van der Waals surface area (Å²) in [6.45, 7) is 4.05. The summed E-state index contributed by atoms with van der Waals surface area (Å²) in [5.41, 5.74) is -1.09. The number of aromatic nitrogens is 3. The lowest BCUT2D eigenvalue weighted by molar-refractivity contribution is -0.148. The number of carbonyl (C=O) groups is 2. The maximum atomic E-state index is 12.4. The Hall–Kier alpha value is -2.12. The Kier molecular flexibility index (Phi) is 4.15. The molecule has 8 nitrogen and oxygen atoms in total. The molecule has 2 rings (SSSR count). The van der Waals surface area contributed by atoms with Gasteiger partial charge in [0.2, 0.25) is 0 Å². The lowest BCUT2D eigenvalue weighted by atomic mass is 9.93. The maximum Gasteiger partial charge on any atom is 0.329 e. The number of rotatable bonds is 4. The minimum absolute atomic E-state index is 0.339. The number of nitrogens with zero attached hydrogens (tertiary/aromatic N) is 4.